The van der Waals surface area contributed by atoms with Crippen LogP contribution in [-0.4, -0.2) is 9.97 Å². The van der Waals surface area contributed by atoms with Gasteiger partial charge in [-0.2, -0.15) is 13.2 Å². The molecule has 0 aliphatic heterocycles. The van der Waals surface area contributed by atoms with Crippen LogP contribution in [0.4, 0.5) is 19.0 Å². The summed E-state index contributed by atoms with van der Waals surface area (Å²) in [4.78, 5) is 7.91. The molecule has 0 aromatic carbocycles. The molecule has 2 aromatic heterocycles. The van der Waals surface area contributed by atoms with Crippen LogP contribution in [0.1, 0.15) is 5.56 Å². The van der Waals surface area contributed by atoms with Gasteiger partial charge in [0.2, 0.25) is 0 Å². The van der Waals surface area contributed by atoms with Gasteiger partial charge in [-0.25, -0.2) is 9.97 Å². The monoisotopic (exact) mass is 349 g/mol. The minimum Gasteiger partial charge on any atom is -0.384 e. The average molecular weight is 350 g/mol. The maximum Gasteiger partial charge on any atom is 0.416 e. The number of nitrogen functional groups attached to an aromatic ring is 1. The number of hydrogen-bond acceptors (Lipinski definition) is 4. The SMILES string of the molecule is Nc1cc(C(F)(F)F)cc(Sc2ncccc2Br)n1. The molecule has 0 unspecified atom stereocenters. The molecule has 2 aromatic rings. The van der Waals surface area contributed by atoms with E-state index >= 15 is 0 Å². The zero-order valence-corrected chi connectivity index (χ0v) is 11.7. The molecular formula is C11H7BrF3N3S. The fourth-order valence-corrected chi connectivity index (χ4v) is 2.60. The van der Waals surface area contributed by atoms with Crippen molar-refractivity contribution in [3.63, 3.8) is 0 Å². The highest BCUT2D eigenvalue weighted by atomic mass is 79.9. The van der Waals surface area contributed by atoms with E-state index < -0.39 is 11.7 Å². The molecule has 2 rings (SSSR count). The first-order valence-electron chi connectivity index (χ1n) is 4.99. The second-order valence-corrected chi connectivity index (χ2v) is 5.37. The van der Waals surface area contributed by atoms with Gasteiger partial charge < -0.3 is 5.73 Å². The van der Waals surface area contributed by atoms with E-state index in [9.17, 15) is 13.2 Å². The minimum absolute atomic E-state index is 0.145. The van der Waals surface area contributed by atoms with Crippen LogP contribution in [0.15, 0.2) is 45.0 Å². The van der Waals surface area contributed by atoms with Gasteiger partial charge in [0.05, 0.1) is 10.0 Å². The number of rotatable bonds is 2. The third kappa shape index (κ3) is 3.60. The first-order chi connectivity index (χ1) is 8.86. The fraction of sp³-hybridized carbons (Fsp3) is 0.0909. The summed E-state index contributed by atoms with van der Waals surface area (Å²) in [5.74, 6) is -0.177. The van der Waals surface area contributed by atoms with Gasteiger partial charge in [0, 0.05) is 6.20 Å². The highest BCUT2D eigenvalue weighted by molar-refractivity contribution is 9.10. The quantitative estimate of drug-likeness (QED) is 0.890. The van der Waals surface area contributed by atoms with Crippen LogP contribution in [-0.2, 0) is 6.18 Å². The van der Waals surface area contributed by atoms with E-state index in [0.717, 1.165) is 23.9 Å². The number of alkyl halides is 3. The molecule has 0 atom stereocenters. The molecule has 0 radical (unpaired) electrons. The summed E-state index contributed by atoms with van der Waals surface area (Å²) < 4.78 is 38.6. The summed E-state index contributed by atoms with van der Waals surface area (Å²) in [7, 11) is 0. The smallest absolute Gasteiger partial charge is 0.384 e. The summed E-state index contributed by atoms with van der Waals surface area (Å²) >= 11 is 4.28. The number of hydrogen-bond donors (Lipinski definition) is 1. The lowest BCUT2D eigenvalue weighted by molar-refractivity contribution is -0.137. The van der Waals surface area contributed by atoms with Crippen molar-refractivity contribution in [3.8, 4) is 0 Å². The van der Waals surface area contributed by atoms with Crippen LogP contribution in [0, 0.1) is 0 Å². The van der Waals surface area contributed by atoms with E-state index in [4.69, 9.17) is 5.73 Å². The molecular weight excluding hydrogens is 343 g/mol. The first kappa shape index (κ1) is 14.1. The third-order valence-corrected chi connectivity index (χ3v) is 3.91. The zero-order chi connectivity index (χ0) is 14.0. The molecule has 3 nitrogen and oxygen atoms in total. The van der Waals surface area contributed by atoms with E-state index in [0.29, 0.717) is 9.50 Å². The van der Waals surface area contributed by atoms with E-state index in [1.54, 1.807) is 18.3 Å². The molecule has 8 heteroatoms. The largest absolute Gasteiger partial charge is 0.416 e. The van der Waals surface area contributed by atoms with E-state index in [-0.39, 0.29) is 10.8 Å². The van der Waals surface area contributed by atoms with Crippen LogP contribution in [0.5, 0.6) is 0 Å². The van der Waals surface area contributed by atoms with Gasteiger partial charge in [0.15, 0.2) is 0 Å². The Hall–Kier alpha value is -1.28. The Labute approximate surface area is 119 Å². The van der Waals surface area contributed by atoms with Crippen molar-refractivity contribution < 1.29 is 13.2 Å². The normalized spacial score (nSPS) is 11.6. The summed E-state index contributed by atoms with van der Waals surface area (Å²) in [5.41, 5.74) is 4.57. The Morgan fingerprint density at radius 1 is 1.26 bits per heavy atom. The molecule has 0 aliphatic carbocycles. The Bertz CT molecular complexity index is 604. The van der Waals surface area contributed by atoms with Crippen LogP contribution in [0.3, 0.4) is 0 Å². The van der Waals surface area contributed by atoms with Crippen LogP contribution in [0.2, 0.25) is 0 Å². The van der Waals surface area contributed by atoms with Crippen molar-refractivity contribution in [2.24, 2.45) is 0 Å². The lowest BCUT2D eigenvalue weighted by atomic mass is 10.2. The summed E-state index contributed by atoms with van der Waals surface area (Å²) in [5, 5.41) is 0.667. The topological polar surface area (TPSA) is 51.8 Å². The number of nitrogens with two attached hydrogens (primary N) is 1. The van der Waals surface area contributed by atoms with Gasteiger partial charge in [0.1, 0.15) is 15.9 Å². The minimum atomic E-state index is -4.45. The van der Waals surface area contributed by atoms with Gasteiger partial charge in [-0.05, 0) is 52.0 Å². The number of nitrogens with zero attached hydrogens (tertiary/aromatic N) is 2. The van der Waals surface area contributed by atoms with Crippen molar-refractivity contribution in [2.45, 2.75) is 16.2 Å². The maximum absolute atomic E-state index is 12.6. The molecule has 100 valence electrons. The Balaban J connectivity index is 2.36. The Morgan fingerprint density at radius 2 is 2.00 bits per heavy atom. The van der Waals surface area contributed by atoms with Crippen molar-refractivity contribution in [3.05, 3.63) is 40.5 Å². The predicted octanol–water partition coefficient (Wildman–Crippen LogP) is 3.99. The zero-order valence-electron chi connectivity index (χ0n) is 9.28. The molecule has 2 heterocycles. The molecule has 0 spiro atoms. The first-order valence-corrected chi connectivity index (χ1v) is 6.60. The molecule has 2 N–H and O–H groups in total. The molecule has 0 amide bonds. The fourth-order valence-electron chi connectivity index (χ4n) is 1.29. The standard InChI is InChI=1S/C11H7BrF3N3S/c12-7-2-1-3-17-10(7)19-9-5-6(11(13,14)15)4-8(16)18-9/h1-5H,(H2,16,18). The highest BCUT2D eigenvalue weighted by Gasteiger charge is 2.31. The predicted molar refractivity (Wildman–Crippen MR) is 69.7 cm³/mol. The number of halogens is 4. The lowest BCUT2D eigenvalue weighted by Gasteiger charge is -2.09. The van der Waals surface area contributed by atoms with Crippen LogP contribution < -0.4 is 5.73 Å². The van der Waals surface area contributed by atoms with Gasteiger partial charge in [-0.1, -0.05) is 0 Å². The van der Waals surface area contributed by atoms with Gasteiger partial charge >= 0.3 is 6.18 Å². The molecule has 0 fully saturated rings. The Kier molecular flexibility index (Phi) is 4.00. The number of pyridine rings is 2. The third-order valence-electron chi connectivity index (χ3n) is 2.07. The van der Waals surface area contributed by atoms with Gasteiger partial charge in [-0.15, -0.1) is 0 Å². The van der Waals surface area contributed by atoms with Crippen LogP contribution >= 0.6 is 27.7 Å². The van der Waals surface area contributed by atoms with Crippen LogP contribution in [0.25, 0.3) is 0 Å². The van der Waals surface area contributed by atoms with E-state index in [1.807, 2.05) is 0 Å². The summed E-state index contributed by atoms with van der Waals surface area (Å²) in [6.45, 7) is 0. The number of anilines is 1. The molecule has 0 saturated carbocycles. The van der Waals surface area contributed by atoms with Crippen molar-refractivity contribution in [2.75, 3.05) is 5.73 Å². The van der Waals surface area contributed by atoms with E-state index in [2.05, 4.69) is 25.9 Å². The van der Waals surface area contributed by atoms with Gasteiger partial charge in [0.25, 0.3) is 0 Å². The van der Waals surface area contributed by atoms with E-state index in [1.165, 1.54) is 0 Å². The number of aromatic nitrogens is 2. The van der Waals surface area contributed by atoms with Crippen molar-refractivity contribution in [1.29, 1.82) is 0 Å². The summed E-state index contributed by atoms with van der Waals surface area (Å²) in [6.07, 6.45) is -2.90. The molecule has 0 saturated heterocycles. The Morgan fingerprint density at radius 3 is 2.63 bits per heavy atom. The highest BCUT2D eigenvalue weighted by Crippen LogP contribution is 2.35. The van der Waals surface area contributed by atoms with Crippen molar-refractivity contribution in [1.82, 2.24) is 9.97 Å². The summed E-state index contributed by atoms with van der Waals surface area (Å²) in [6, 6.07) is 5.20. The van der Waals surface area contributed by atoms with Crippen molar-refractivity contribution >= 4 is 33.5 Å². The average Bonchev–Trinajstić information content (AvgIpc) is 2.30. The second kappa shape index (κ2) is 5.38. The molecule has 19 heavy (non-hydrogen) atoms. The molecule has 0 aliphatic rings. The van der Waals surface area contributed by atoms with Gasteiger partial charge in [-0.3, -0.25) is 0 Å². The lowest BCUT2D eigenvalue weighted by Crippen LogP contribution is -2.07. The molecule has 0 bridgehead atoms. The maximum atomic E-state index is 12.6. The second-order valence-electron chi connectivity index (χ2n) is 3.51.